The first kappa shape index (κ1) is 16.0. The highest BCUT2D eigenvalue weighted by Crippen LogP contribution is 2.28. The summed E-state index contributed by atoms with van der Waals surface area (Å²) in [5.41, 5.74) is 2.94. The molecule has 2 rings (SSSR count). The second kappa shape index (κ2) is 8.20. The zero-order chi connectivity index (χ0) is 14.4. The van der Waals surface area contributed by atoms with Crippen LogP contribution < -0.4 is 11.3 Å². The van der Waals surface area contributed by atoms with Gasteiger partial charge in [-0.25, -0.2) is 0 Å². The third-order valence-electron chi connectivity index (χ3n) is 3.03. The van der Waals surface area contributed by atoms with Crippen LogP contribution in [0.5, 0.6) is 0 Å². The monoisotopic (exact) mass is 370 g/mol. The zero-order valence-electron chi connectivity index (χ0n) is 11.4. The molecule has 1 heterocycles. The van der Waals surface area contributed by atoms with Crippen molar-refractivity contribution in [1.82, 2.24) is 5.43 Å². The maximum Gasteiger partial charge on any atom is 0.0352 e. The van der Waals surface area contributed by atoms with E-state index in [2.05, 4.69) is 58.6 Å². The molecule has 5 heteroatoms. The molecule has 20 heavy (non-hydrogen) atoms. The lowest BCUT2D eigenvalue weighted by molar-refractivity contribution is 0.579. The summed E-state index contributed by atoms with van der Waals surface area (Å²) < 4.78 is 1.14. The topological polar surface area (TPSA) is 38.0 Å². The van der Waals surface area contributed by atoms with Gasteiger partial charge >= 0.3 is 0 Å². The average molecular weight is 371 g/mol. The van der Waals surface area contributed by atoms with E-state index >= 15 is 0 Å². The first-order valence-corrected chi connectivity index (χ1v) is 9.23. The van der Waals surface area contributed by atoms with Crippen LogP contribution in [0.3, 0.4) is 0 Å². The van der Waals surface area contributed by atoms with E-state index in [9.17, 15) is 0 Å². The summed E-state index contributed by atoms with van der Waals surface area (Å²) in [6, 6.07) is 13.0. The van der Waals surface area contributed by atoms with Crippen LogP contribution in [-0.4, -0.2) is 11.8 Å². The van der Waals surface area contributed by atoms with E-state index < -0.39 is 0 Å². The summed E-state index contributed by atoms with van der Waals surface area (Å²) in [5, 5.41) is 0. The van der Waals surface area contributed by atoms with Gasteiger partial charge in [-0.3, -0.25) is 11.3 Å². The number of rotatable bonds is 7. The maximum atomic E-state index is 5.69. The van der Waals surface area contributed by atoms with Gasteiger partial charge in [0.25, 0.3) is 0 Å². The number of thioether (sulfide) groups is 1. The van der Waals surface area contributed by atoms with Gasteiger partial charge in [-0.1, -0.05) is 19.1 Å². The number of hydrazine groups is 1. The molecule has 0 aliphatic rings. The summed E-state index contributed by atoms with van der Waals surface area (Å²) in [5.74, 6) is 6.65. The van der Waals surface area contributed by atoms with E-state index in [0.717, 1.165) is 23.1 Å². The lowest BCUT2D eigenvalue weighted by Gasteiger charge is -2.15. The molecule has 0 aliphatic heterocycles. The average Bonchev–Trinajstić information content (AvgIpc) is 2.92. The van der Waals surface area contributed by atoms with E-state index in [0.29, 0.717) is 0 Å². The largest absolute Gasteiger partial charge is 0.271 e. The minimum atomic E-state index is 0.287. The van der Waals surface area contributed by atoms with Crippen molar-refractivity contribution in [3.8, 4) is 0 Å². The third kappa shape index (κ3) is 4.60. The molecule has 2 nitrogen and oxygen atoms in total. The normalized spacial score (nSPS) is 12.6. The second-order valence-corrected chi connectivity index (χ2v) is 7.70. The molecule has 1 atom stereocenters. The van der Waals surface area contributed by atoms with Crippen molar-refractivity contribution in [2.45, 2.75) is 30.7 Å². The fourth-order valence-corrected chi connectivity index (χ4v) is 4.52. The van der Waals surface area contributed by atoms with Gasteiger partial charge in [-0.2, -0.15) is 0 Å². The Morgan fingerprint density at radius 1 is 1.25 bits per heavy atom. The van der Waals surface area contributed by atoms with Crippen molar-refractivity contribution in [3.05, 3.63) is 50.6 Å². The van der Waals surface area contributed by atoms with Crippen LogP contribution in [0.4, 0.5) is 0 Å². The Kier molecular flexibility index (Phi) is 6.58. The summed E-state index contributed by atoms with van der Waals surface area (Å²) in [4.78, 5) is 4.10. The highest BCUT2D eigenvalue weighted by atomic mass is 79.9. The van der Waals surface area contributed by atoms with Crippen LogP contribution >= 0.6 is 39.0 Å². The molecule has 108 valence electrons. The number of hydrogen-bond acceptors (Lipinski definition) is 4. The molecule has 0 radical (unpaired) electrons. The molecule has 1 aromatic carbocycles. The Balaban J connectivity index is 1.91. The first-order valence-electron chi connectivity index (χ1n) is 6.64. The Bertz CT molecular complexity index is 542. The first-order chi connectivity index (χ1) is 9.72. The van der Waals surface area contributed by atoms with Crippen molar-refractivity contribution in [2.24, 2.45) is 5.84 Å². The van der Waals surface area contributed by atoms with E-state index in [-0.39, 0.29) is 6.04 Å². The van der Waals surface area contributed by atoms with Gasteiger partial charge in [0, 0.05) is 30.9 Å². The van der Waals surface area contributed by atoms with Gasteiger partial charge in [0.1, 0.15) is 0 Å². The molecule has 0 bridgehead atoms. The molecule has 1 aromatic heterocycles. The number of nitrogens with two attached hydrogens (primary N) is 1. The predicted octanol–water partition coefficient (Wildman–Crippen LogP) is 4.24. The lowest BCUT2D eigenvalue weighted by Crippen LogP contribution is -2.38. The second-order valence-electron chi connectivity index (χ2n) is 4.53. The number of hydrogen-bond donors (Lipinski definition) is 2. The fourth-order valence-electron chi connectivity index (χ4n) is 1.88. The molecule has 0 fully saturated rings. The Morgan fingerprint density at radius 2 is 2.00 bits per heavy atom. The predicted molar refractivity (Wildman–Crippen MR) is 93.4 cm³/mol. The van der Waals surface area contributed by atoms with E-state index in [4.69, 9.17) is 5.84 Å². The van der Waals surface area contributed by atoms with Crippen LogP contribution in [0, 0.1) is 0 Å². The van der Waals surface area contributed by atoms with Gasteiger partial charge in [0.2, 0.25) is 0 Å². The molecular weight excluding hydrogens is 352 g/mol. The summed E-state index contributed by atoms with van der Waals surface area (Å²) >= 11 is 7.29. The third-order valence-corrected chi connectivity index (χ3v) is 6.47. The van der Waals surface area contributed by atoms with E-state index in [1.165, 1.54) is 14.6 Å². The molecular formula is C15H19BrN2S2. The molecule has 0 spiro atoms. The highest BCUT2D eigenvalue weighted by Gasteiger charge is 2.11. The minimum Gasteiger partial charge on any atom is -0.271 e. The van der Waals surface area contributed by atoms with Gasteiger partial charge < -0.3 is 0 Å². The molecule has 1 unspecified atom stereocenters. The Hall–Kier alpha value is -0.330. The molecule has 0 aliphatic carbocycles. The highest BCUT2D eigenvalue weighted by molar-refractivity contribution is 9.10. The van der Waals surface area contributed by atoms with Crippen LogP contribution in [0.1, 0.15) is 16.7 Å². The van der Waals surface area contributed by atoms with Crippen molar-refractivity contribution >= 4 is 39.0 Å². The van der Waals surface area contributed by atoms with Crippen molar-refractivity contribution in [3.63, 3.8) is 0 Å². The molecule has 0 amide bonds. The van der Waals surface area contributed by atoms with Crippen molar-refractivity contribution < 1.29 is 0 Å². The zero-order valence-corrected chi connectivity index (χ0v) is 14.7. The Labute approximate surface area is 137 Å². The summed E-state index contributed by atoms with van der Waals surface area (Å²) in [6.45, 7) is 2.19. The van der Waals surface area contributed by atoms with E-state index in [1.807, 2.05) is 29.2 Å². The van der Waals surface area contributed by atoms with Gasteiger partial charge in [0.05, 0.1) is 0 Å². The molecule has 0 saturated heterocycles. The number of benzene rings is 1. The number of thiophene rings is 1. The number of nitrogens with one attached hydrogen (secondary N) is 1. The SMILES string of the molecule is CCc1ccc(CC(CSc2ccccc2Br)NN)s1. The van der Waals surface area contributed by atoms with E-state index in [1.54, 1.807) is 0 Å². The van der Waals surface area contributed by atoms with Crippen LogP contribution in [0.25, 0.3) is 0 Å². The fraction of sp³-hybridized carbons (Fsp3) is 0.333. The number of halogens is 1. The summed E-state index contributed by atoms with van der Waals surface area (Å²) in [6.07, 6.45) is 2.09. The van der Waals surface area contributed by atoms with Crippen LogP contribution in [0.2, 0.25) is 0 Å². The minimum absolute atomic E-state index is 0.287. The maximum absolute atomic E-state index is 5.69. The van der Waals surface area contributed by atoms with Crippen LogP contribution in [-0.2, 0) is 12.8 Å². The molecule has 0 saturated carbocycles. The van der Waals surface area contributed by atoms with Crippen molar-refractivity contribution in [2.75, 3.05) is 5.75 Å². The van der Waals surface area contributed by atoms with Crippen molar-refractivity contribution in [1.29, 1.82) is 0 Å². The van der Waals surface area contributed by atoms with Gasteiger partial charge in [0.15, 0.2) is 0 Å². The standard InChI is InChI=1S/C15H19BrN2S2/c1-2-12-7-8-13(20-12)9-11(18-17)10-19-15-6-4-3-5-14(15)16/h3-8,11,18H,2,9-10,17H2,1H3. The number of aryl methyl sites for hydroxylation is 1. The summed E-state index contributed by atoms with van der Waals surface area (Å²) in [7, 11) is 0. The molecule has 3 N–H and O–H groups in total. The quantitative estimate of drug-likeness (QED) is 0.434. The molecule has 2 aromatic rings. The van der Waals surface area contributed by atoms with Gasteiger partial charge in [-0.15, -0.1) is 23.1 Å². The Morgan fingerprint density at radius 3 is 2.65 bits per heavy atom. The van der Waals surface area contributed by atoms with Gasteiger partial charge in [-0.05, 0) is 53.0 Å². The smallest absolute Gasteiger partial charge is 0.0352 e. The lowest BCUT2D eigenvalue weighted by atomic mass is 10.2. The van der Waals surface area contributed by atoms with Crippen LogP contribution in [0.15, 0.2) is 45.8 Å².